The molecule has 1 rings (SSSR count). The van der Waals surface area contributed by atoms with Gasteiger partial charge in [0.2, 0.25) is 15.4 Å². The van der Waals surface area contributed by atoms with Crippen molar-refractivity contribution in [1.82, 2.24) is 4.72 Å². The van der Waals surface area contributed by atoms with Crippen molar-refractivity contribution in [2.75, 3.05) is 0 Å². The van der Waals surface area contributed by atoms with Crippen LogP contribution in [0.4, 0.5) is 0 Å². The van der Waals surface area contributed by atoms with Crippen molar-refractivity contribution in [3.8, 4) is 0 Å². The van der Waals surface area contributed by atoms with Crippen LogP contribution in [0.3, 0.4) is 0 Å². The van der Waals surface area contributed by atoms with Crippen LogP contribution in [0.1, 0.15) is 25.8 Å². The molecule has 0 aliphatic rings. The molecule has 0 fully saturated rings. The Bertz CT molecular complexity index is 645. The number of nitrogens with zero attached hydrogens (tertiary/aromatic N) is 2. The van der Waals surface area contributed by atoms with Gasteiger partial charge in [-0.2, -0.15) is 4.72 Å². The lowest BCUT2D eigenvalue weighted by Gasteiger charge is -2.21. The average molecular weight is 310 g/mol. The monoisotopic (exact) mass is 310 g/mol. The highest BCUT2D eigenvalue weighted by Gasteiger charge is 2.28. The Kier molecular flexibility index (Phi) is 5.88. The number of aliphatic hydroxyl groups is 1. The molecule has 0 spiro atoms. The van der Waals surface area contributed by atoms with Crippen LogP contribution in [0.15, 0.2) is 41.1 Å². The van der Waals surface area contributed by atoms with Gasteiger partial charge in [0.15, 0.2) is 10.7 Å². The highest BCUT2D eigenvalue weighted by molar-refractivity contribution is 7.89. The van der Waals surface area contributed by atoms with Gasteiger partial charge >= 0.3 is 6.20 Å². The molecule has 2 N–H and O–H groups in total. The lowest BCUT2D eigenvalue weighted by atomic mass is 9.99. The first-order valence-electron chi connectivity index (χ1n) is 6.64. The molecule has 0 amide bonds. The fraction of sp³-hybridized carbons (Fsp3) is 0.429. The van der Waals surface area contributed by atoms with E-state index in [1.807, 2.05) is 13.8 Å². The zero-order chi connectivity index (χ0) is 16.0. The normalized spacial score (nSPS) is 15.2. The number of hydrogen-bond donors (Lipinski definition) is 2. The Morgan fingerprint density at radius 1 is 1.43 bits per heavy atom. The molecule has 0 aliphatic carbocycles. The van der Waals surface area contributed by atoms with Gasteiger partial charge in [-0.3, -0.25) is 0 Å². The summed E-state index contributed by atoms with van der Waals surface area (Å²) < 4.78 is 27.1. The number of rotatable bonds is 6. The van der Waals surface area contributed by atoms with E-state index < -0.39 is 16.1 Å². The highest BCUT2D eigenvalue weighted by Crippen LogP contribution is 2.18. The fourth-order valence-electron chi connectivity index (χ4n) is 1.80. The molecule has 0 heterocycles. The quantitative estimate of drug-likeness (QED) is 0.624. The fourth-order valence-corrected chi connectivity index (χ4v) is 3.11. The lowest BCUT2D eigenvalue weighted by molar-refractivity contribution is 0.306. The van der Waals surface area contributed by atoms with E-state index >= 15 is 0 Å². The molecule has 114 valence electrons. The average Bonchev–Trinajstić information content (AvgIpc) is 2.44. The van der Waals surface area contributed by atoms with Gasteiger partial charge in [0.05, 0.1) is 10.9 Å². The molecule has 0 unspecified atom stereocenters. The summed E-state index contributed by atoms with van der Waals surface area (Å²) in [5, 5.41) is 18.3. The first-order valence-corrected chi connectivity index (χ1v) is 8.12. The van der Waals surface area contributed by atoms with Crippen LogP contribution in [0.2, 0.25) is 0 Å². The van der Waals surface area contributed by atoms with Crippen molar-refractivity contribution in [2.45, 2.75) is 38.1 Å². The molecule has 2 atom stereocenters. The van der Waals surface area contributed by atoms with Crippen LogP contribution >= 0.6 is 0 Å². The van der Waals surface area contributed by atoms with Crippen LogP contribution in [0.5, 0.6) is 0 Å². The molecule has 6 nitrogen and oxygen atoms in total. The Morgan fingerprint density at radius 3 is 2.48 bits per heavy atom. The molecule has 1 aromatic rings. The first kappa shape index (κ1) is 17.1. The minimum atomic E-state index is -3.77. The second-order valence-electron chi connectivity index (χ2n) is 4.97. The van der Waals surface area contributed by atoms with Crippen LogP contribution in [-0.4, -0.2) is 19.6 Å². The Balaban J connectivity index is 3.10. The van der Waals surface area contributed by atoms with Crippen molar-refractivity contribution in [1.29, 1.82) is 5.39 Å². The predicted octanol–water partition coefficient (Wildman–Crippen LogP) is 2.94. The number of nitrogens with one attached hydrogen (secondary N) is 1. The molecular weight excluding hydrogens is 290 g/mol. The van der Waals surface area contributed by atoms with Gasteiger partial charge in [-0.05, 0) is 25.0 Å². The maximum Gasteiger partial charge on any atom is 0.389 e. The van der Waals surface area contributed by atoms with Gasteiger partial charge in [-0.25, -0.2) is 8.42 Å². The third-order valence-corrected chi connectivity index (χ3v) is 4.79. The molecule has 1 aromatic carbocycles. The van der Waals surface area contributed by atoms with E-state index in [0.29, 0.717) is 6.42 Å². The summed E-state index contributed by atoms with van der Waals surface area (Å²) in [6.07, 6.45) is 1.47. The number of sulfonamides is 1. The van der Waals surface area contributed by atoms with E-state index in [1.165, 1.54) is 12.1 Å². The molecular formula is C14H20N3O3S+. The third kappa shape index (κ3) is 4.55. The SMILES string of the molecule is CC[C@@H](C)[C@@H](NS(=O)(=O)c1ccc(C)cc1)/C(O)=C/[N+]#N. The van der Waals surface area contributed by atoms with Gasteiger partial charge in [0, 0.05) is 0 Å². The first-order chi connectivity index (χ1) is 9.81. The van der Waals surface area contributed by atoms with Crippen molar-refractivity contribution in [2.24, 2.45) is 5.92 Å². The summed E-state index contributed by atoms with van der Waals surface area (Å²) in [5.41, 5.74) is 0.953. The van der Waals surface area contributed by atoms with E-state index in [2.05, 4.69) is 9.70 Å². The van der Waals surface area contributed by atoms with Crippen LogP contribution in [0, 0.1) is 18.2 Å². The maximum atomic E-state index is 12.3. The minimum absolute atomic E-state index is 0.121. The number of diazo groups is 1. The second-order valence-corrected chi connectivity index (χ2v) is 6.68. The standard InChI is InChI=1S/C14H19N3O3S/c1-4-11(3)14(13(18)9-16-15)17-21(19,20)12-7-5-10(2)6-8-12/h5-9,11,14,17H,4H2,1-3H3/p+1/b13-9-/t11-,14-/m1/s1. The molecule has 0 aromatic heterocycles. The Morgan fingerprint density at radius 2 is 2.00 bits per heavy atom. The molecule has 0 aliphatic heterocycles. The number of aryl methyl sites for hydroxylation is 1. The molecule has 0 bridgehead atoms. The van der Waals surface area contributed by atoms with Crippen molar-refractivity contribution >= 4 is 10.0 Å². The smallest absolute Gasteiger partial charge is 0.389 e. The summed E-state index contributed by atoms with van der Waals surface area (Å²) >= 11 is 0. The van der Waals surface area contributed by atoms with Gasteiger partial charge in [0.1, 0.15) is 0 Å². The molecule has 21 heavy (non-hydrogen) atoms. The Labute approximate surface area is 125 Å². The van der Waals surface area contributed by atoms with Gasteiger partial charge in [0.25, 0.3) is 0 Å². The lowest BCUT2D eigenvalue weighted by Crippen LogP contribution is -2.40. The number of benzene rings is 1. The molecule has 0 radical (unpaired) electrons. The Hall–Kier alpha value is -1.91. The van der Waals surface area contributed by atoms with Crippen molar-refractivity contribution in [3.05, 3.63) is 46.8 Å². The number of aliphatic hydroxyl groups excluding tert-OH is 1. The second kappa shape index (κ2) is 7.20. The van der Waals surface area contributed by atoms with Crippen LogP contribution in [-0.2, 0) is 10.0 Å². The van der Waals surface area contributed by atoms with Gasteiger partial charge in [-0.15, -0.1) is 0 Å². The summed E-state index contributed by atoms with van der Waals surface area (Å²) in [7, 11) is -3.77. The summed E-state index contributed by atoms with van der Waals surface area (Å²) in [6, 6.07) is 5.56. The zero-order valence-corrected chi connectivity index (χ0v) is 13.1. The third-order valence-electron chi connectivity index (χ3n) is 3.34. The largest absolute Gasteiger partial charge is 0.504 e. The maximum absolute atomic E-state index is 12.3. The summed E-state index contributed by atoms with van der Waals surface area (Å²) in [4.78, 5) is 2.86. The molecule has 0 saturated heterocycles. The predicted molar refractivity (Wildman–Crippen MR) is 80.5 cm³/mol. The van der Waals surface area contributed by atoms with Crippen molar-refractivity contribution in [3.63, 3.8) is 0 Å². The van der Waals surface area contributed by atoms with Crippen LogP contribution < -0.4 is 4.72 Å². The number of hydrogen-bond acceptors (Lipinski definition) is 4. The van der Waals surface area contributed by atoms with Crippen molar-refractivity contribution < 1.29 is 13.5 Å². The van der Waals surface area contributed by atoms with E-state index in [4.69, 9.17) is 5.39 Å². The zero-order valence-electron chi connectivity index (χ0n) is 12.3. The highest BCUT2D eigenvalue weighted by atomic mass is 32.2. The molecule has 0 saturated carbocycles. The van der Waals surface area contributed by atoms with Gasteiger partial charge < -0.3 is 5.11 Å². The van der Waals surface area contributed by atoms with E-state index in [1.54, 1.807) is 19.1 Å². The minimum Gasteiger partial charge on any atom is -0.504 e. The molecule has 7 heteroatoms. The van der Waals surface area contributed by atoms with Gasteiger partial charge in [-0.1, -0.05) is 38.0 Å². The topological polar surface area (TPSA) is 94.6 Å². The summed E-state index contributed by atoms with van der Waals surface area (Å²) in [5.74, 6) is -0.495. The van der Waals surface area contributed by atoms with E-state index in [-0.39, 0.29) is 16.6 Å². The summed E-state index contributed by atoms with van der Waals surface area (Å²) in [6.45, 7) is 5.54. The van der Waals surface area contributed by atoms with E-state index in [9.17, 15) is 13.5 Å². The van der Waals surface area contributed by atoms with Crippen LogP contribution in [0.25, 0.3) is 4.98 Å². The van der Waals surface area contributed by atoms with E-state index in [0.717, 1.165) is 11.8 Å².